The first-order chi connectivity index (χ1) is 3.80. The van der Waals surface area contributed by atoms with Gasteiger partial charge in [-0.05, 0) is 26.2 Å². The van der Waals surface area contributed by atoms with Crippen molar-refractivity contribution in [1.82, 2.24) is 0 Å². The monoisotopic (exact) mass is 111 g/mol. The van der Waals surface area contributed by atoms with Crippen LogP contribution in [0.15, 0.2) is 11.6 Å². The van der Waals surface area contributed by atoms with Crippen LogP contribution in [0.2, 0.25) is 0 Å². The van der Waals surface area contributed by atoms with Gasteiger partial charge in [-0.25, -0.2) is 0 Å². The second kappa shape index (κ2) is 2.31. The molecule has 0 amide bonds. The number of rotatable bonds is 0. The molecule has 0 aromatic rings. The zero-order chi connectivity index (χ0) is 5.98. The standard InChI is InChI=1S/C7H13N/c1-6-4-2-3-5-7(6)8/h4,7H,2-3,5,8H2,1H3/t7-/m1/s1. The highest BCUT2D eigenvalue weighted by molar-refractivity contribution is 5.09. The third-order valence-corrected chi connectivity index (χ3v) is 1.77. The van der Waals surface area contributed by atoms with Crippen LogP contribution in [-0.2, 0) is 0 Å². The van der Waals surface area contributed by atoms with Crippen molar-refractivity contribution in [3.8, 4) is 0 Å². The van der Waals surface area contributed by atoms with Crippen molar-refractivity contribution < 1.29 is 0 Å². The van der Waals surface area contributed by atoms with Crippen LogP contribution in [0.1, 0.15) is 26.2 Å². The van der Waals surface area contributed by atoms with Crippen molar-refractivity contribution in [1.29, 1.82) is 0 Å². The fourth-order valence-electron chi connectivity index (χ4n) is 1.05. The summed E-state index contributed by atoms with van der Waals surface area (Å²) >= 11 is 0. The molecule has 0 bridgehead atoms. The summed E-state index contributed by atoms with van der Waals surface area (Å²) < 4.78 is 0. The highest BCUT2D eigenvalue weighted by Gasteiger charge is 2.07. The molecule has 0 saturated heterocycles. The van der Waals surface area contributed by atoms with Crippen molar-refractivity contribution >= 4 is 0 Å². The minimum absolute atomic E-state index is 0.365. The quantitative estimate of drug-likeness (QED) is 0.470. The lowest BCUT2D eigenvalue weighted by molar-refractivity contribution is 0.615. The second-order valence-electron chi connectivity index (χ2n) is 2.49. The minimum atomic E-state index is 0.365. The lowest BCUT2D eigenvalue weighted by Gasteiger charge is -2.15. The SMILES string of the molecule is CC1=CCCC[C@H]1N. The van der Waals surface area contributed by atoms with E-state index >= 15 is 0 Å². The summed E-state index contributed by atoms with van der Waals surface area (Å²) in [5.41, 5.74) is 7.08. The third-order valence-electron chi connectivity index (χ3n) is 1.77. The van der Waals surface area contributed by atoms with Gasteiger partial charge in [0.15, 0.2) is 0 Å². The summed E-state index contributed by atoms with van der Waals surface area (Å²) in [6.45, 7) is 2.11. The van der Waals surface area contributed by atoms with E-state index in [1.54, 1.807) is 0 Å². The lowest BCUT2D eigenvalue weighted by atomic mass is 9.96. The molecule has 1 aliphatic rings. The van der Waals surface area contributed by atoms with E-state index in [-0.39, 0.29) is 0 Å². The molecule has 2 N–H and O–H groups in total. The first-order valence-electron chi connectivity index (χ1n) is 3.23. The minimum Gasteiger partial charge on any atom is -0.324 e. The second-order valence-corrected chi connectivity index (χ2v) is 2.49. The molecule has 0 radical (unpaired) electrons. The molecule has 1 aliphatic carbocycles. The largest absolute Gasteiger partial charge is 0.324 e. The topological polar surface area (TPSA) is 26.0 Å². The zero-order valence-electron chi connectivity index (χ0n) is 5.35. The Morgan fingerprint density at radius 1 is 1.75 bits per heavy atom. The number of allylic oxidation sites excluding steroid dienone is 1. The van der Waals surface area contributed by atoms with E-state index in [0.29, 0.717) is 6.04 Å². The normalized spacial score (nSPS) is 29.8. The Labute approximate surface area is 50.6 Å². The maximum atomic E-state index is 5.71. The van der Waals surface area contributed by atoms with E-state index in [9.17, 15) is 0 Å². The summed E-state index contributed by atoms with van der Waals surface area (Å²) in [6.07, 6.45) is 5.94. The highest BCUT2D eigenvalue weighted by Crippen LogP contribution is 2.14. The van der Waals surface area contributed by atoms with Gasteiger partial charge in [-0.3, -0.25) is 0 Å². The Morgan fingerprint density at radius 2 is 2.50 bits per heavy atom. The molecular formula is C7H13N. The van der Waals surface area contributed by atoms with Gasteiger partial charge in [-0.1, -0.05) is 11.6 Å². The van der Waals surface area contributed by atoms with Crippen molar-refractivity contribution in [2.24, 2.45) is 5.73 Å². The molecule has 1 atom stereocenters. The summed E-state index contributed by atoms with van der Waals surface area (Å²) in [4.78, 5) is 0. The van der Waals surface area contributed by atoms with E-state index in [4.69, 9.17) is 5.73 Å². The van der Waals surface area contributed by atoms with Crippen LogP contribution in [0.25, 0.3) is 0 Å². The van der Waals surface area contributed by atoms with Crippen molar-refractivity contribution in [3.63, 3.8) is 0 Å². The fraction of sp³-hybridized carbons (Fsp3) is 0.714. The van der Waals surface area contributed by atoms with Gasteiger partial charge < -0.3 is 5.73 Å². The Kier molecular flexibility index (Phi) is 1.69. The van der Waals surface area contributed by atoms with E-state index in [2.05, 4.69) is 13.0 Å². The van der Waals surface area contributed by atoms with Gasteiger partial charge in [0.05, 0.1) is 0 Å². The van der Waals surface area contributed by atoms with Crippen molar-refractivity contribution in [3.05, 3.63) is 11.6 Å². The van der Waals surface area contributed by atoms with E-state index in [1.807, 2.05) is 0 Å². The summed E-state index contributed by atoms with van der Waals surface area (Å²) in [7, 11) is 0. The molecule has 0 spiro atoms. The van der Waals surface area contributed by atoms with Crippen LogP contribution in [0.3, 0.4) is 0 Å². The van der Waals surface area contributed by atoms with Crippen LogP contribution in [0.4, 0.5) is 0 Å². The molecule has 0 aliphatic heterocycles. The van der Waals surface area contributed by atoms with E-state index in [0.717, 1.165) is 0 Å². The zero-order valence-corrected chi connectivity index (χ0v) is 5.35. The van der Waals surface area contributed by atoms with Gasteiger partial charge in [-0.15, -0.1) is 0 Å². The molecule has 46 valence electrons. The first kappa shape index (κ1) is 5.83. The Hall–Kier alpha value is -0.300. The number of hydrogen-bond acceptors (Lipinski definition) is 1. The van der Waals surface area contributed by atoms with Crippen LogP contribution in [0.5, 0.6) is 0 Å². The summed E-state index contributed by atoms with van der Waals surface area (Å²) in [6, 6.07) is 0.365. The van der Waals surface area contributed by atoms with Crippen LogP contribution < -0.4 is 5.73 Å². The van der Waals surface area contributed by atoms with Crippen molar-refractivity contribution in [2.75, 3.05) is 0 Å². The Bertz CT molecular complexity index is 105. The van der Waals surface area contributed by atoms with Gasteiger partial charge in [0, 0.05) is 6.04 Å². The molecule has 1 nitrogen and oxygen atoms in total. The average Bonchev–Trinajstić information content (AvgIpc) is 1.77. The Morgan fingerprint density at radius 3 is 2.88 bits per heavy atom. The van der Waals surface area contributed by atoms with Crippen LogP contribution in [-0.4, -0.2) is 6.04 Å². The molecule has 0 unspecified atom stereocenters. The van der Waals surface area contributed by atoms with Crippen molar-refractivity contribution in [2.45, 2.75) is 32.2 Å². The van der Waals surface area contributed by atoms with Crippen LogP contribution in [0, 0.1) is 0 Å². The molecule has 0 saturated carbocycles. The van der Waals surface area contributed by atoms with E-state index in [1.165, 1.54) is 24.8 Å². The summed E-state index contributed by atoms with van der Waals surface area (Å²) in [5, 5.41) is 0. The number of nitrogens with two attached hydrogens (primary N) is 1. The average molecular weight is 111 g/mol. The first-order valence-corrected chi connectivity index (χ1v) is 3.23. The van der Waals surface area contributed by atoms with E-state index < -0.39 is 0 Å². The van der Waals surface area contributed by atoms with Gasteiger partial charge in [0.2, 0.25) is 0 Å². The van der Waals surface area contributed by atoms with Gasteiger partial charge >= 0.3 is 0 Å². The summed E-state index contributed by atoms with van der Waals surface area (Å²) in [5.74, 6) is 0. The molecule has 0 aromatic carbocycles. The lowest BCUT2D eigenvalue weighted by Crippen LogP contribution is -2.23. The molecule has 1 heteroatoms. The molecule has 0 aromatic heterocycles. The van der Waals surface area contributed by atoms with Gasteiger partial charge in [0.1, 0.15) is 0 Å². The maximum Gasteiger partial charge on any atom is 0.0250 e. The maximum absolute atomic E-state index is 5.71. The molecule has 0 heterocycles. The van der Waals surface area contributed by atoms with Gasteiger partial charge in [0.25, 0.3) is 0 Å². The third kappa shape index (κ3) is 1.10. The molecule has 1 rings (SSSR count). The Balaban J connectivity index is 2.53. The number of hydrogen-bond donors (Lipinski definition) is 1. The smallest absolute Gasteiger partial charge is 0.0250 e. The fourth-order valence-corrected chi connectivity index (χ4v) is 1.05. The highest BCUT2D eigenvalue weighted by atomic mass is 14.6. The molecule has 0 fully saturated rings. The predicted molar refractivity (Wildman–Crippen MR) is 35.6 cm³/mol. The van der Waals surface area contributed by atoms with Crippen LogP contribution >= 0.6 is 0 Å². The molecular weight excluding hydrogens is 98.1 g/mol. The molecule has 8 heavy (non-hydrogen) atoms. The van der Waals surface area contributed by atoms with Gasteiger partial charge in [-0.2, -0.15) is 0 Å². The predicted octanol–water partition coefficient (Wildman–Crippen LogP) is 1.44.